The fourth-order valence-electron chi connectivity index (χ4n) is 1.27. The predicted molar refractivity (Wildman–Crippen MR) is 92.2 cm³/mol. The van der Waals surface area contributed by atoms with Crippen LogP contribution in [0.2, 0.25) is 0 Å². The lowest BCUT2D eigenvalue weighted by atomic mass is 9.96. The quantitative estimate of drug-likeness (QED) is 0.328. The van der Waals surface area contributed by atoms with Crippen LogP contribution >= 0.6 is 10.7 Å². The van der Waals surface area contributed by atoms with E-state index in [0.29, 0.717) is 13.0 Å². The van der Waals surface area contributed by atoms with Gasteiger partial charge in [0.2, 0.25) is 0 Å². The van der Waals surface area contributed by atoms with Gasteiger partial charge >= 0.3 is 21.3 Å². The second-order valence-electron chi connectivity index (χ2n) is 5.83. The SMILES string of the molecule is CC(C)(COS(=O)(=O)Cl)C(=O)O.CCCCCCCOC(=O)CC. The maximum atomic E-state index is 10.7. The number of unbranched alkanes of at least 4 members (excludes halogenated alkanes) is 4. The molecule has 0 saturated carbocycles. The van der Waals surface area contributed by atoms with E-state index in [0.717, 1.165) is 6.42 Å². The number of aliphatic carboxylic acids is 1. The molecule has 0 rings (SSSR count). The van der Waals surface area contributed by atoms with Crippen molar-refractivity contribution in [1.29, 1.82) is 0 Å². The first-order chi connectivity index (χ1) is 11.0. The molecule has 0 bridgehead atoms. The van der Waals surface area contributed by atoms with Gasteiger partial charge in [-0.3, -0.25) is 13.8 Å². The highest BCUT2D eigenvalue weighted by Gasteiger charge is 2.29. The zero-order valence-corrected chi connectivity index (χ0v) is 16.4. The minimum absolute atomic E-state index is 0.0782. The van der Waals surface area contributed by atoms with Crippen LogP contribution in [0, 0.1) is 5.41 Å². The number of hydrogen-bond donors (Lipinski definition) is 1. The second-order valence-corrected chi connectivity index (χ2v) is 7.99. The molecule has 0 aliphatic carbocycles. The Bertz CT molecular complexity index is 460. The average molecular weight is 389 g/mol. The summed E-state index contributed by atoms with van der Waals surface area (Å²) in [5.41, 5.74) is -1.26. The standard InChI is InChI=1S/C10H20O2.C5H9ClO5S/c1-3-5-6-7-8-9-12-10(11)4-2;1-5(2,4(7)8)3-11-12(6,9)10/h3-9H2,1-2H3;3H2,1-2H3,(H,7,8). The summed E-state index contributed by atoms with van der Waals surface area (Å²) in [6.45, 7) is 6.80. The lowest BCUT2D eigenvalue weighted by Gasteiger charge is -2.16. The molecule has 0 unspecified atom stereocenters. The van der Waals surface area contributed by atoms with E-state index in [9.17, 15) is 18.0 Å². The van der Waals surface area contributed by atoms with Crippen molar-refractivity contribution in [2.24, 2.45) is 5.41 Å². The monoisotopic (exact) mass is 388 g/mol. The van der Waals surface area contributed by atoms with E-state index in [4.69, 9.17) is 20.5 Å². The molecular weight excluding hydrogens is 360 g/mol. The van der Waals surface area contributed by atoms with Crippen LogP contribution in [0.25, 0.3) is 0 Å². The average Bonchev–Trinajstić information content (AvgIpc) is 2.48. The van der Waals surface area contributed by atoms with Gasteiger partial charge < -0.3 is 9.84 Å². The van der Waals surface area contributed by atoms with Crippen molar-refractivity contribution in [3.8, 4) is 0 Å². The summed E-state index contributed by atoms with van der Waals surface area (Å²) in [7, 11) is 0.619. The molecule has 0 aromatic carbocycles. The van der Waals surface area contributed by atoms with E-state index in [1.165, 1.54) is 39.5 Å². The molecule has 0 amide bonds. The number of esters is 1. The lowest BCUT2D eigenvalue weighted by Crippen LogP contribution is -2.29. The van der Waals surface area contributed by atoms with Crippen molar-refractivity contribution in [2.45, 2.75) is 66.2 Å². The summed E-state index contributed by atoms with van der Waals surface area (Å²) in [6, 6.07) is 0. The van der Waals surface area contributed by atoms with Gasteiger partial charge in [-0.05, 0) is 20.3 Å². The topological polar surface area (TPSA) is 107 Å². The van der Waals surface area contributed by atoms with Gasteiger partial charge in [0.1, 0.15) is 0 Å². The number of hydrogen-bond acceptors (Lipinski definition) is 6. The molecule has 0 spiro atoms. The highest BCUT2D eigenvalue weighted by molar-refractivity contribution is 8.09. The summed E-state index contributed by atoms with van der Waals surface area (Å²) >= 11 is 0. The molecule has 144 valence electrons. The van der Waals surface area contributed by atoms with Crippen LogP contribution < -0.4 is 0 Å². The highest BCUT2D eigenvalue weighted by atomic mass is 35.7. The molecule has 24 heavy (non-hydrogen) atoms. The smallest absolute Gasteiger partial charge is 0.355 e. The van der Waals surface area contributed by atoms with Crippen LogP contribution in [-0.2, 0) is 27.8 Å². The Morgan fingerprint density at radius 3 is 2.04 bits per heavy atom. The minimum atomic E-state index is -4.08. The molecule has 0 saturated heterocycles. The Morgan fingerprint density at radius 2 is 1.62 bits per heavy atom. The molecule has 9 heteroatoms. The molecule has 0 heterocycles. The van der Waals surface area contributed by atoms with Crippen LogP contribution in [0.5, 0.6) is 0 Å². The summed E-state index contributed by atoms with van der Waals surface area (Å²) in [5.74, 6) is -1.23. The fraction of sp³-hybridized carbons (Fsp3) is 0.867. The van der Waals surface area contributed by atoms with E-state index in [-0.39, 0.29) is 5.97 Å². The number of halogens is 1. The van der Waals surface area contributed by atoms with Gasteiger partial charge in [0.15, 0.2) is 0 Å². The normalized spacial score (nSPS) is 11.4. The van der Waals surface area contributed by atoms with E-state index >= 15 is 0 Å². The third-order valence-electron chi connectivity index (χ3n) is 2.94. The van der Waals surface area contributed by atoms with E-state index in [2.05, 4.69) is 11.1 Å². The maximum Gasteiger partial charge on any atom is 0.355 e. The van der Waals surface area contributed by atoms with Crippen LogP contribution in [0.4, 0.5) is 0 Å². The molecule has 0 aromatic rings. The van der Waals surface area contributed by atoms with Crippen LogP contribution in [0.1, 0.15) is 66.2 Å². The third kappa shape index (κ3) is 17.5. The Morgan fingerprint density at radius 1 is 1.08 bits per heavy atom. The van der Waals surface area contributed by atoms with E-state index < -0.39 is 27.3 Å². The van der Waals surface area contributed by atoms with E-state index in [1.54, 1.807) is 0 Å². The fourth-order valence-corrected chi connectivity index (χ4v) is 1.84. The summed E-state index contributed by atoms with van der Waals surface area (Å²) in [6.07, 6.45) is 6.52. The van der Waals surface area contributed by atoms with Crippen LogP contribution in [0.3, 0.4) is 0 Å². The molecular formula is C15H29ClO7S. The molecule has 0 aliphatic heterocycles. The number of rotatable bonds is 11. The number of carboxylic acids is 1. The van der Waals surface area contributed by atoms with Crippen molar-refractivity contribution in [3.05, 3.63) is 0 Å². The summed E-state index contributed by atoms with van der Waals surface area (Å²) in [4.78, 5) is 21.1. The molecule has 0 aliphatic rings. The van der Waals surface area contributed by atoms with Crippen LogP contribution in [0.15, 0.2) is 0 Å². The highest BCUT2D eigenvalue weighted by Crippen LogP contribution is 2.17. The van der Waals surface area contributed by atoms with Gasteiger partial charge in [-0.1, -0.05) is 39.5 Å². The molecule has 7 nitrogen and oxygen atoms in total. The van der Waals surface area contributed by atoms with Crippen molar-refractivity contribution >= 4 is 32.0 Å². The Hall–Kier alpha value is -0.860. The van der Waals surface area contributed by atoms with Gasteiger partial charge in [-0.15, -0.1) is 0 Å². The Kier molecular flexibility index (Phi) is 14.2. The van der Waals surface area contributed by atoms with Gasteiger partial charge in [0, 0.05) is 17.1 Å². The van der Waals surface area contributed by atoms with Gasteiger partial charge in [-0.2, -0.15) is 8.42 Å². The zero-order valence-electron chi connectivity index (χ0n) is 14.8. The van der Waals surface area contributed by atoms with Crippen molar-refractivity contribution in [1.82, 2.24) is 0 Å². The minimum Gasteiger partial charge on any atom is -0.481 e. The van der Waals surface area contributed by atoms with Crippen molar-refractivity contribution in [2.75, 3.05) is 13.2 Å². The second kappa shape index (κ2) is 13.4. The molecule has 0 radical (unpaired) electrons. The largest absolute Gasteiger partial charge is 0.481 e. The zero-order chi connectivity index (χ0) is 19.2. The van der Waals surface area contributed by atoms with Crippen LogP contribution in [-0.4, -0.2) is 38.7 Å². The van der Waals surface area contributed by atoms with Gasteiger partial charge in [0.25, 0.3) is 0 Å². The molecule has 1 N–H and O–H groups in total. The van der Waals surface area contributed by atoms with Crippen molar-refractivity contribution in [3.63, 3.8) is 0 Å². The first kappa shape index (κ1) is 25.4. The van der Waals surface area contributed by atoms with Gasteiger partial charge in [0.05, 0.1) is 18.6 Å². The Balaban J connectivity index is 0. The van der Waals surface area contributed by atoms with Crippen molar-refractivity contribution < 1.29 is 32.0 Å². The summed E-state index contributed by atoms with van der Waals surface area (Å²) in [5, 5.41) is 8.52. The predicted octanol–water partition coefficient (Wildman–Crippen LogP) is 3.51. The molecule has 0 fully saturated rings. The maximum absolute atomic E-state index is 10.7. The number of ether oxygens (including phenoxy) is 1. The number of carbonyl (C=O) groups excluding carboxylic acids is 1. The molecule has 0 atom stereocenters. The van der Waals surface area contributed by atoms with Gasteiger partial charge in [-0.25, -0.2) is 0 Å². The Labute approximate surface area is 149 Å². The third-order valence-corrected chi connectivity index (χ3v) is 3.61. The summed E-state index contributed by atoms with van der Waals surface area (Å²) < 4.78 is 29.5. The number of carboxylic acid groups (broad SMARTS) is 1. The first-order valence-electron chi connectivity index (χ1n) is 7.94. The molecule has 0 aromatic heterocycles. The number of carbonyl (C=O) groups is 2. The van der Waals surface area contributed by atoms with E-state index in [1.807, 2.05) is 6.92 Å². The lowest BCUT2D eigenvalue weighted by molar-refractivity contribution is -0.148. The first-order valence-corrected chi connectivity index (χ1v) is 10.2.